The monoisotopic (exact) mass is 220 g/mol. The zero-order valence-electron chi connectivity index (χ0n) is 8.98. The van der Waals surface area contributed by atoms with Gasteiger partial charge in [0, 0.05) is 6.42 Å². The Kier molecular flexibility index (Phi) is 2.79. The molecule has 0 saturated carbocycles. The minimum atomic E-state index is -1.11. The maximum absolute atomic E-state index is 13.0. The van der Waals surface area contributed by atoms with Crippen molar-refractivity contribution in [1.82, 2.24) is 0 Å². The van der Waals surface area contributed by atoms with Gasteiger partial charge >= 0.3 is 0 Å². The first kappa shape index (κ1) is 10.9. The fraction of sp³-hybridized carbons (Fsp3) is 0.231. The van der Waals surface area contributed by atoms with Crippen molar-refractivity contribution in [1.29, 1.82) is 0 Å². The van der Waals surface area contributed by atoms with E-state index in [0.717, 1.165) is 5.56 Å². The van der Waals surface area contributed by atoms with E-state index in [9.17, 15) is 9.50 Å². The van der Waals surface area contributed by atoms with E-state index in [4.69, 9.17) is 4.42 Å². The topological polar surface area (TPSA) is 33.4 Å². The third-order valence-electron chi connectivity index (χ3n) is 2.49. The highest BCUT2D eigenvalue weighted by molar-refractivity contribution is 5.21. The fourth-order valence-electron chi connectivity index (χ4n) is 1.72. The molecule has 0 bridgehead atoms. The second-order valence-corrected chi connectivity index (χ2v) is 4.06. The Hall–Kier alpha value is -1.61. The first-order chi connectivity index (χ1) is 7.58. The summed E-state index contributed by atoms with van der Waals surface area (Å²) in [6.07, 6.45) is 1.83. The van der Waals surface area contributed by atoms with Crippen molar-refractivity contribution < 1.29 is 13.9 Å². The average molecular weight is 220 g/mol. The Labute approximate surface area is 93.3 Å². The quantitative estimate of drug-likeness (QED) is 0.862. The molecule has 84 valence electrons. The Morgan fingerprint density at radius 1 is 1.31 bits per heavy atom. The van der Waals surface area contributed by atoms with Crippen LogP contribution in [0.4, 0.5) is 4.39 Å². The first-order valence-electron chi connectivity index (χ1n) is 5.09. The molecule has 0 amide bonds. The van der Waals surface area contributed by atoms with Gasteiger partial charge in [-0.3, -0.25) is 0 Å². The third-order valence-corrected chi connectivity index (χ3v) is 2.49. The zero-order chi connectivity index (χ0) is 11.6. The molecule has 1 atom stereocenters. The molecule has 1 aromatic heterocycles. The van der Waals surface area contributed by atoms with Crippen LogP contribution in [0.3, 0.4) is 0 Å². The van der Waals surface area contributed by atoms with E-state index < -0.39 is 5.60 Å². The number of benzene rings is 1. The number of hydrogen-bond acceptors (Lipinski definition) is 2. The molecule has 1 aromatic carbocycles. The summed E-state index contributed by atoms with van der Waals surface area (Å²) in [5.41, 5.74) is -0.376. The molecule has 0 aliphatic heterocycles. The van der Waals surface area contributed by atoms with Crippen molar-refractivity contribution in [3.8, 4) is 0 Å². The molecule has 0 fully saturated rings. The lowest BCUT2D eigenvalue weighted by atomic mass is 9.94. The highest BCUT2D eigenvalue weighted by atomic mass is 19.1. The van der Waals surface area contributed by atoms with Gasteiger partial charge in [-0.25, -0.2) is 4.39 Å². The first-order valence-corrected chi connectivity index (χ1v) is 5.09. The van der Waals surface area contributed by atoms with Crippen LogP contribution in [-0.4, -0.2) is 5.11 Å². The van der Waals surface area contributed by atoms with Crippen molar-refractivity contribution in [2.75, 3.05) is 0 Å². The molecule has 2 aromatic rings. The van der Waals surface area contributed by atoms with Crippen molar-refractivity contribution in [3.63, 3.8) is 0 Å². The van der Waals surface area contributed by atoms with E-state index in [-0.39, 0.29) is 5.82 Å². The van der Waals surface area contributed by atoms with Gasteiger partial charge in [0.25, 0.3) is 0 Å². The van der Waals surface area contributed by atoms with Gasteiger partial charge in [-0.1, -0.05) is 12.1 Å². The Morgan fingerprint density at radius 3 is 2.75 bits per heavy atom. The summed E-state index contributed by atoms with van der Waals surface area (Å²) in [7, 11) is 0. The van der Waals surface area contributed by atoms with E-state index in [0.29, 0.717) is 12.2 Å². The van der Waals surface area contributed by atoms with Crippen molar-refractivity contribution in [3.05, 3.63) is 59.8 Å². The van der Waals surface area contributed by atoms with Crippen LogP contribution >= 0.6 is 0 Å². The summed E-state index contributed by atoms with van der Waals surface area (Å²) in [5.74, 6) is 0.185. The number of rotatable bonds is 3. The molecule has 0 spiro atoms. The van der Waals surface area contributed by atoms with E-state index in [1.54, 1.807) is 31.2 Å². The predicted molar refractivity (Wildman–Crippen MR) is 58.4 cm³/mol. The number of hydrogen-bond donors (Lipinski definition) is 1. The van der Waals surface area contributed by atoms with Gasteiger partial charge in [0.1, 0.15) is 17.2 Å². The Bertz CT molecular complexity index is 461. The summed E-state index contributed by atoms with van der Waals surface area (Å²) in [6, 6.07) is 9.63. The van der Waals surface area contributed by atoms with Gasteiger partial charge in [0.15, 0.2) is 0 Å². The standard InChI is InChI=1S/C13H13FO2/c1-13(15,12-6-3-7-16-12)9-10-4-2-5-11(14)8-10/h2-8,15H,9H2,1H3. The molecule has 2 nitrogen and oxygen atoms in total. The lowest BCUT2D eigenvalue weighted by Crippen LogP contribution is -2.23. The van der Waals surface area contributed by atoms with Crippen LogP contribution in [0, 0.1) is 5.82 Å². The summed E-state index contributed by atoms with van der Waals surface area (Å²) in [4.78, 5) is 0. The molecular weight excluding hydrogens is 207 g/mol. The van der Waals surface area contributed by atoms with Crippen LogP contribution in [0.25, 0.3) is 0 Å². The molecule has 0 saturated heterocycles. The molecule has 3 heteroatoms. The normalized spacial score (nSPS) is 14.7. The second-order valence-electron chi connectivity index (χ2n) is 4.06. The highest BCUT2D eigenvalue weighted by Crippen LogP contribution is 2.25. The molecule has 2 rings (SSSR count). The Balaban J connectivity index is 2.21. The molecular formula is C13H13FO2. The van der Waals surface area contributed by atoms with Gasteiger partial charge in [-0.2, -0.15) is 0 Å². The van der Waals surface area contributed by atoms with E-state index in [1.807, 2.05) is 0 Å². The van der Waals surface area contributed by atoms with Gasteiger partial charge in [-0.05, 0) is 36.8 Å². The van der Waals surface area contributed by atoms with Gasteiger partial charge in [-0.15, -0.1) is 0 Å². The molecule has 0 radical (unpaired) electrons. The number of halogens is 1. The average Bonchev–Trinajstić information content (AvgIpc) is 2.69. The van der Waals surface area contributed by atoms with Crippen LogP contribution in [0.1, 0.15) is 18.2 Å². The molecule has 1 N–H and O–H groups in total. The van der Waals surface area contributed by atoms with Gasteiger partial charge in [0.2, 0.25) is 0 Å². The maximum atomic E-state index is 13.0. The molecule has 1 unspecified atom stereocenters. The summed E-state index contributed by atoms with van der Waals surface area (Å²) in [5, 5.41) is 10.2. The minimum absolute atomic E-state index is 0.298. The van der Waals surface area contributed by atoms with Crippen LogP contribution < -0.4 is 0 Å². The number of aliphatic hydroxyl groups is 1. The molecule has 16 heavy (non-hydrogen) atoms. The summed E-state index contributed by atoms with van der Waals surface area (Å²) < 4.78 is 18.1. The minimum Gasteiger partial charge on any atom is -0.466 e. The summed E-state index contributed by atoms with van der Waals surface area (Å²) in [6.45, 7) is 1.65. The van der Waals surface area contributed by atoms with E-state index >= 15 is 0 Å². The largest absolute Gasteiger partial charge is 0.466 e. The van der Waals surface area contributed by atoms with Crippen LogP contribution in [0.15, 0.2) is 47.1 Å². The predicted octanol–water partition coefficient (Wildman–Crippen LogP) is 2.87. The van der Waals surface area contributed by atoms with Crippen molar-refractivity contribution in [2.45, 2.75) is 18.9 Å². The maximum Gasteiger partial charge on any atom is 0.135 e. The van der Waals surface area contributed by atoms with Crippen molar-refractivity contribution >= 4 is 0 Å². The molecule has 0 aliphatic rings. The third kappa shape index (κ3) is 2.31. The van der Waals surface area contributed by atoms with Crippen LogP contribution in [0.5, 0.6) is 0 Å². The smallest absolute Gasteiger partial charge is 0.135 e. The lowest BCUT2D eigenvalue weighted by Gasteiger charge is -2.20. The number of furan rings is 1. The zero-order valence-corrected chi connectivity index (χ0v) is 8.98. The van der Waals surface area contributed by atoms with E-state index in [1.165, 1.54) is 18.4 Å². The van der Waals surface area contributed by atoms with Gasteiger partial charge < -0.3 is 9.52 Å². The van der Waals surface area contributed by atoms with Crippen LogP contribution in [-0.2, 0) is 12.0 Å². The molecule has 0 aliphatic carbocycles. The fourth-order valence-corrected chi connectivity index (χ4v) is 1.72. The highest BCUT2D eigenvalue weighted by Gasteiger charge is 2.26. The summed E-state index contributed by atoms with van der Waals surface area (Å²) >= 11 is 0. The second kappa shape index (κ2) is 4.10. The molecule has 1 heterocycles. The SMILES string of the molecule is CC(O)(Cc1cccc(F)c1)c1ccco1. The van der Waals surface area contributed by atoms with Gasteiger partial charge in [0.05, 0.1) is 6.26 Å². The van der Waals surface area contributed by atoms with E-state index in [2.05, 4.69) is 0 Å². The van der Waals surface area contributed by atoms with Crippen molar-refractivity contribution in [2.24, 2.45) is 0 Å². The van der Waals surface area contributed by atoms with Crippen LogP contribution in [0.2, 0.25) is 0 Å². The lowest BCUT2D eigenvalue weighted by molar-refractivity contribution is 0.0344. The Morgan fingerprint density at radius 2 is 2.12 bits per heavy atom.